The molecule has 0 aromatic heterocycles. The zero-order valence-electron chi connectivity index (χ0n) is 21.4. The number of carbonyl (C=O) groups is 3. The topological polar surface area (TPSA) is 114 Å². The van der Waals surface area contributed by atoms with E-state index in [-0.39, 0.29) is 17.6 Å². The van der Waals surface area contributed by atoms with Crippen LogP contribution in [0.5, 0.6) is 0 Å². The van der Waals surface area contributed by atoms with Gasteiger partial charge < -0.3 is 30.9 Å². The fourth-order valence-electron chi connectivity index (χ4n) is 5.18. The number of allylic oxidation sites excluding steroid dienone is 1. The smallest absolute Gasteiger partial charge is 0.335 e. The summed E-state index contributed by atoms with van der Waals surface area (Å²) in [6, 6.07) is 16.2. The van der Waals surface area contributed by atoms with E-state index in [4.69, 9.17) is 0 Å². The lowest BCUT2D eigenvalue weighted by atomic mass is 9.89. The summed E-state index contributed by atoms with van der Waals surface area (Å²) in [4.78, 5) is 40.4. The van der Waals surface area contributed by atoms with E-state index < -0.39 is 12.0 Å². The van der Waals surface area contributed by atoms with Crippen LogP contribution in [-0.4, -0.2) is 66.2 Å². The average Bonchev–Trinajstić information content (AvgIpc) is 2.89. The van der Waals surface area contributed by atoms with E-state index in [1.165, 1.54) is 10.5 Å². The lowest BCUT2D eigenvalue weighted by Gasteiger charge is -2.34. The molecule has 1 atom stereocenters. The van der Waals surface area contributed by atoms with Gasteiger partial charge in [-0.2, -0.15) is 0 Å². The minimum Gasteiger partial charge on any atom is -0.478 e. The highest BCUT2D eigenvalue weighted by molar-refractivity contribution is 5.94. The van der Waals surface area contributed by atoms with Crippen LogP contribution < -0.4 is 16.0 Å². The lowest BCUT2D eigenvalue weighted by Crippen LogP contribution is -2.46. The first-order valence-corrected chi connectivity index (χ1v) is 12.7. The summed E-state index contributed by atoms with van der Waals surface area (Å²) in [5.41, 5.74) is 2.95. The SMILES string of the molecule is CC1=C(C(=O)O)C(c2cccc(NC(=O)NCCCN3CCC(c4ccccc4)CC3)c2)N(C)C(=O)N1. The minimum atomic E-state index is -1.10. The number of benzene rings is 2. The quantitative estimate of drug-likeness (QED) is 0.403. The first-order valence-electron chi connectivity index (χ1n) is 12.7. The molecule has 1 unspecified atom stereocenters. The Morgan fingerprint density at radius 3 is 2.46 bits per heavy atom. The predicted octanol–water partition coefficient (Wildman–Crippen LogP) is 4.13. The second kappa shape index (κ2) is 11.9. The van der Waals surface area contributed by atoms with Crippen molar-refractivity contribution in [3.8, 4) is 0 Å². The van der Waals surface area contributed by atoms with Gasteiger partial charge in [0, 0.05) is 25.0 Å². The number of rotatable bonds is 8. The highest BCUT2D eigenvalue weighted by atomic mass is 16.4. The third kappa shape index (κ3) is 6.48. The van der Waals surface area contributed by atoms with Crippen LogP contribution in [0.25, 0.3) is 0 Å². The number of likely N-dealkylation sites (tertiary alicyclic amines) is 1. The Morgan fingerprint density at radius 2 is 1.76 bits per heavy atom. The van der Waals surface area contributed by atoms with Crippen LogP contribution in [0, 0.1) is 0 Å². The molecular formula is C28H35N5O4. The molecule has 4 rings (SSSR count). The van der Waals surface area contributed by atoms with E-state index in [2.05, 4.69) is 51.2 Å². The maximum Gasteiger partial charge on any atom is 0.335 e. The van der Waals surface area contributed by atoms with Crippen molar-refractivity contribution in [2.75, 3.05) is 38.5 Å². The Balaban J connectivity index is 1.25. The van der Waals surface area contributed by atoms with Crippen molar-refractivity contribution >= 4 is 23.7 Å². The molecule has 9 heteroatoms. The van der Waals surface area contributed by atoms with Crippen LogP contribution in [0.15, 0.2) is 65.9 Å². The van der Waals surface area contributed by atoms with E-state index >= 15 is 0 Å². The number of anilines is 1. The number of nitrogens with zero attached hydrogens (tertiary/aromatic N) is 2. The number of likely N-dealkylation sites (N-methyl/N-ethyl adjacent to an activating group) is 1. The molecule has 0 bridgehead atoms. The summed E-state index contributed by atoms with van der Waals surface area (Å²) in [6.45, 7) is 5.21. The number of carbonyl (C=O) groups excluding carboxylic acids is 2. The van der Waals surface area contributed by atoms with Gasteiger partial charge in [0.05, 0.1) is 11.6 Å². The largest absolute Gasteiger partial charge is 0.478 e. The molecule has 2 aliphatic heterocycles. The number of urea groups is 2. The third-order valence-corrected chi connectivity index (χ3v) is 7.17. The summed E-state index contributed by atoms with van der Waals surface area (Å²) < 4.78 is 0. The van der Waals surface area contributed by atoms with Crippen LogP contribution in [-0.2, 0) is 4.79 Å². The zero-order chi connectivity index (χ0) is 26.4. The van der Waals surface area contributed by atoms with Crippen molar-refractivity contribution in [3.05, 3.63) is 77.0 Å². The van der Waals surface area contributed by atoms with E-state index in [0.717, 1.165) is 38.9 Å². The van der Waals surface area contributed by atoms with Gasteiger partial charge in [0.25, 0.3) is 0 Å². The summed E-state index contributed by atoms with van der Waals surface area (Å²) in [5, 5.41) is 18.0. The molecule has 37 heavy (non-hydrogen) atoms. The molecule has 2 aliphatic rings. The Morgan fingerprint density at radius 1 is 1.05 bits per heavy atom. The maximum absolute atomic E-state index is 12.5. The highest BCUT2D eigenvalue weighted by Crippen LogP contribution is 2.33. The fourth-order valence-corrected chi connectivity index (χ4v) is 5.18. The molecule has 0 aliphatic carbocycles. The number of aliphatic carboxylic acids is 1. The van der Waals surface area contributed by atoms with Gasteiger partial charge in [0.1, 0.15) is 0 Å². The number of carboxylic acids is 1. The monoisotopic (exact) mass is 505 g/mol. The van der Waals surface area contributed by atoms with Gasteiger partial charge in [-0.05, 0) is 75.0 Å². The summed E-state index contributed by atoms with van der Waals surface area (Å²) in [7, 11) is 1.55. The molecule has 2 aromatic rings. The lowest BCUT2D eigenvalue weighted by molar-refractivity contribution is -0.133. The standard InChI is InChI=1S/C28H35N5O4/c1-19-24(26(34)35)25(32(2)28(37)30-19)22-10-6-11-23(18-22)31-27(36)29-14-7-15-33-16-12-21(13-17-33)20-8-4-3-5-9-20/h3-6,8-11,18,21,25H,7,12-17H2,1-2H3,(H,30,37)(H,34,35)(H2,29,31,36). The van der Waals surface area contributed by atoms with Crippen molar-refractivity contribution in [3.63, 3.8) is 0 Å². The van der Waals surface area contributed by atoms with Gasteiger partial charge in [0.15, 0.2) is 0 Å². The molecular weight excluding hydrogens is 470 g/mol. The Bertz CT molecular complexity index is 1160. The number of carboxylic acid groups (broad SMARTS) is 1. The van der Waals surface area contributed by atoms with E-state index in [1.54, 1.807) is 38.2 Å². The van der Waals surface area contributed by atoms with Crippen LogP contribution >= 0.6 is 0 Å². The molecule has 0 radical (unpaired) electrons. The van der Waals surface area contributed by atoms with Crippen LogP contribution in [0.1, 0.15) is 49.3 Å². The molecule has 9 nitrogen and oxygen atoms in total. The Hall–Kier alpha value is -3.85. The number of amides is 4. The van der Waals surface area contributed by atoms with Gasteiger partial charge in [0.2, 0.25) is 0 Å². The third-order valence-electron chi connectivity index (χ3n) is 7.17. The Kier molecular flexibility index (Phi) is 8.45. The van der Waals surface area contributed by atoms with Crippen LogP contribution in [0.2, 0.25) is 0 Å². The molecule has 2 aromatic carbocycles. The van der Waals surface area contributed by atoms with E-state index in [0.29, 0.717) is 29.4 Å². The Labute approximate surface area is 217 Å². The van der Waals surface area contributed by atoms with Crippen molar-refractivity contribution in [1.29, 1.82) is 0 Å². The van der Waals surface area contributed by atoms with Crippen molar-refractivity contribution in [1.82, 2.24) is 20.4 Å². The predicted molar refractivity (Wildman–Crippen MR) is 142 cm³/mol. The van der Waals surface area contributed by atoms with Crippen molar-refractivity contribution in [2.24, 2.45) is 0 Å². The molecule has 196 valence electrons. The van der Waals surface area contributed by atoms with Crippen LogP contribution in [0.4, 0.5) is 15.3 Å². The number of piperidine rings is 1. The molecule has 1 fully saturated rings. The van der Waals surface area contributed by atoms with E-state index in [9.17, 15) is 19.5 Å². The normalized spacial score (nSPS) is 18.9. The van der Waals surface area contributed by atoms with Gasteiger partial charge in [-0.1, -0.05) is 42.5 Å². The number of hydrogen-bond donors (Lipinski definition) is 4. The first kappa shape index (κ1) is 26.2. The zero-order valence-corrected chi connectivity index (χ0v) is 21.4. The molecule has 2 heterocycles. The van der Waals surface area contributed by atoms with E-state index in [1.807, 2.05) is 0 Å². The number of nitrogens with one attached hydrogen (secondary N) is 3. The maximum atomic E-state index is 12.5. The van der Waals surface area contributed by atoms with Crippen LogP contribution in [0.3, 0.4) is 0 Å². The van der Waals surface area contributed by atoms with Gasteiger partial charge in [-0.3, -0.25) is 0 Å². The summed E-state index contributed by atoms with van der Waals surface area (Å²) in [5.74, 6) is -0.472. The summed E-state index contributed by atoms with van der Waals surface area (Å²) >= 11 is 0. The van der Waals surface area contributed by atoms with Gasteiger partial charge in [-0.15, -0.1) is 0 Å². The second-order valence-corrected chi connectivity index (χ2v) is 9.67. The van der Waals surface area contributed by atoms with Crippen molar-refractivity contribution < 1.29 is 19.5 Å². The number of hydrogen-bond acceptors (Lipinski definition) is 4. The van der Waals surface area contributed by atoms with Gasteiger partial charge in [-0.25, -0.2) is 14.4 Å². The second-order valence-electron chi connectivity index (χ2n) is 9.67. The average molecular weight is 506 g/mol. The molecule has 0 spiro atoms. The molecule has 4 N–H and O–H groups in total. The molecule has 4 amide bonds. The summed E-state index contributed by atoms with van der Waals surface area (Å²) in [6.07, 6.45) is 3.17. The molecule has 0 saturated carbocycles. The fraction of sp³-hybridized carbons (Fsp3) is 0.393. The first-order chi connectivity index (χ1) is 17.8. The minimum absolute atomic E-state index is 0.0940. The van der Waals surface area contributed by atoms with Crippen molar-refractivity contribution in [2.45, 2.75) is 38.1 Å². The highest BCUT2D eigenvalue weighted by Gasteiger charge is 2.35. The van der Waals surface area contributed by atoms with Gasteiger partial charge >= 0.3 is 18.0 Å². The molecule has 1 saturated heterocycles.